The predicted octanol–water partition coefficient (Wildman–Crippen LogP) is 2.00. The van der Waals surface area contributed by atoms with Crippen molar-refractivity contribution in [3.63, 3.8) is 0 Å². The Morgan fingerprint density at radius 1 is 1.67 bits per heavy atom. The quantitative estimate of drug-likeness (QED) is 0.478. The van der Waals surface area contributed by atoms with E-state index in [4.69, 9.17) is 0 Å². The van der Waals surface area contributed by atoms with E-state index in [1.54, 1.807) is 0 Å². The van der Waals surface area contributed by atoms with Crippen LogP contribution in [0.1, 0.15) is 26.7 Å². The molecule has 0 saturated carbocycles. The molecule has 0 N–H and O–H groups in total. The molecule has 0 aromatic rings. The molecule has 1 rings (SSSR count). The fourth-order valence-electron chi connectivity index (χ4n) is 1.18. The van der Waals surface area contributed by atoms with Crippen LogP contribution in [0.5, 0.6) is 0 Å². The third-order valence-corrected chi connectivity index (χ3v) is 2.08. The van der Waals surface area contributed by atoms with Crippen LogP contribution in [0.2, 0.25) is 0 Å². The lowest BCUT2D eigenvalue weighted by Gasteiger charge is -2.28. The maximum Gasteiger partial charge on any atom is 0.0255 e. The van der Waals surface area contributed by atoms with Crippen molar-refractivity contribution in [1.82, 2.24) is 4.90 Å². The zero-order chi connectivity index (χ0) is 6.85. The summed E-state index contributed by atoms with van der Waals surface area (Å²) in [6.07, 6.45) is 4.85. The van der Waals surface area contributed by atoms with Gasteiger partial charge in [-0.3, -0.25) is 0 Å². The van der Waals surface area contributed by atoms with Crippen LogP contribution < -0.4 is 0 Å². The van der Waals surface area contributed by atoms with E-state index in [1.165, 1.54) is 18.4 Å². The number of allylic oxidation sites excluding steroid dienone is 1. The number of nitrogens with zero attached hydrogens (tertiary/aromatic N) is 1. The Kier molecular flexibility index (Phi) is 1.79. The topological polar surface area (TPSA) is 3.24 Å². The summed E-state index contributed by atoms with van der Waals surface area (Å²) >= 11 is 0. The first-order valence-electron chi connectivity index (χ1n) is 3.59. The largest absolute Gasteiger partial charge is 0.378 e. The van der Waals surface area contributed by atoms with E-state index in [1.807, 2.05) is 0 Å². The second-order valence-corrected chi connectivity index (χ2v) is 3.03. The Morgan fingerprint density at radius 2 is 2.33 bits per heavy atom. The van der Waals surface area contributed by atoms with Crippen LogP contribution in [0.3, 0.4) is 0 Å². The summed E-state index contributed by atoms with van der Waals surface area (Å²) in [5.74, 6) is 0. The van der Waals surface area contributed by atoms with Crippen molar-refractivity contribution in [2.24, 2.45) is 0 Å². The molecule has 0 fully saturated rings. The molecular formula is C8H15N. The van der Waals surface area contributed by atoms with Crippen LogP contribution in [-0.4, -0.2) is 18.0 Å². The van der Waals surface area contributed by atoms with Gasteiger partial charge in [0.05, 0.1) is 0 Å². The molecule has 1 atom stereocenters. The molecule has 0 aromatic heterocycles. The van der Waals surface area contributed by atoms with Crippen molar-refractivity contribution in [3.05, 3.63) is 11.8 Å². The van der Waals surface area contributed by atoms with Crippen LogP contribution >= 0.6 is 0 Å². The molecule has 1 aliphatic heterocycles. The lowest BCUT2D eigenvalue weighted by Crippen LogP contribution is -2.27. The summed E-state index contributed by atoms with van der Waals surface area (Å²) < 4.78 is 0. The maximum atomic E-state index is 2.29. The van der Waals surface area contributed by atoms with Crippen LogP contribution in [0.25, 0.3) is 0 Å². The normalized spacial score (nSPS) is 28.1. The molecular weight excluding hydrogens is 110 g/mol. The lowest BCUT2D eigenvalue weighted by molar-refractivity contribution is 0.312. The molecule has 0 radical (unpaired) electrons. The molecule has 1 unspecified atom stereocenters. The van der Waals surface area contributed by atoms with Gasteiger partial charge in [0, 0.05) is 13.1 Å². The summed E-state index contributed by atoms with van der Waals surface area (Å²) in [4.78, 5) is 2.29. The minimum atomic E-state index is 0.744. The Hall–Kier alpha value is -0.460. The van der Waals surface area contributed by atoms with Gasteiger partial charge in [-0.05, 0) is 32.9 Å². The van der Waals surface area contributed by atoms with E-state index in [-0.39, 0.29) is 0 Å². The summed E-state index contributed by atoms with van der Waals surface area (Å²) in [6.45, 7) is 4.46. The van der Waals surface area contributed by atoms with Gasteiger partial charge >= 0.3 is 0 Å². The lowest BCUT2D eigenvalue weighted by atomic mass is 10.0. The van der Waals surface area contributed by atoms with Crippen molar-refractivity contribution >= 4 is 0 Å². The van der Waals surface area contributed by atoms with Gasteiger partial charge < -0.3 is 4.90 Å². The fraction of sp³-hybridized carbons (Fsp3) is 0.750. The molecule has 0 bridgehead atoms. The van der Waals surface area contributed by atoms with E-state index in [0.717, 1.165) is 6.04 Å². The second kappa shape index (κ2) is 2.42. The summed E-state index contributed by atoms with van der Waals surface area (Å²) in [5.41, 5.74) is 1.51. The van der Waals surface area contributed by atoms with Gasteiger partial charge in [0.1, 0.15) is 0 Å². The van der Waals surface area contributed by atoms with E-state index >= 15 is 0 Å². The highest BCUT2D eigenvalue weighted by Crippen LogP contribution is 2.17. The molecule has 52 valence electrons. The van der Waals surface area contributed by atoms with Gasteiger partial charge in [-0.2, -0.15) is 0 Å². The minimum Gasteiger partial charge on any atom is -0.378 e. The van der Waals surface area contributed by atoms with Crippen molar-refractivity contribution in [3.8, 4) is 0 Å². The van der Waals surface area contributed by atoms with Crippen molar-refractivity contribution in [2.45, 2.75) is 32.7 Å². The molecule has 1 heterocycles. The first kappa shape index (κ1) is 6.66. The van der Waals surface area contributed by atoms with Gasteiger partial charge in [0.15, 0.2) is 0 Å². The number of hydrogen-bond acceptors (Lipinski definition) is 1. The Balaban J connectivity index is 2.58. The molecule has 0 aromatic carbocycles. The van der Waals surface area contributed by atoms with E-state index in [0.29, 0.717) is 0 Å². The smallest absolute Gasteiger partial charge is 0.0255 e. The third kappa shape index (κ3) is 1.47. The van der Waals surface area contributed by atoms with E-state index < -0.39 is 0 Å². The average Bonchev–Trinajstić information content (AvgIpc) is 1.80. The highest BCUT2D eigenvalue weighted by molar-refractivity contribution is 5.02. The van der Waals surface area contributed by atoms with Gasteiger partial charge in [0.2, 0.25) is 0 Å². The predicted molar refractivity (Wildman–Crippen MR) is 40.2 cm³/mol. The first-order valence-corrected chi connectivity index (χ1v) is 3.59. The second-order valence-electron chi connectivity index (χ2n) is 3.03. The first-order chi connectivity index (χ1) is 4.20. The van der Waals surface area contributed by atoms with Crippen molar-refractivity contribution in [1.29, 1.82) is 0 Å². The summed E-state index contributed by atoms with van der Waals surface area (Å²) in [5, 5.41) is 0. The van der Waals surface area contributed by atoms with Crippen LogP contribution in [-0.2, 0) is 0 Å². The highest BCUT2D eigenvalue weighted by Gasteiger charge is 2.10. The van der Waals surface area contributed by atoms with Gasteiger partial charge in [0.25, 0.3) is 0 Å². The molecule has 0 saturated heterocycles. The third-order valence-electron chi connectivity index (χ3n) is 2.08. The standard InChI is InChI=1S/C8H15N/c1-7-4-5-8(2)9(3)6-7/h6,8H,4-5H2,1-3H3. The SMILES string of the molecule is CC1=CN(C)C(C)CC1. The molecule has 0 spiro atoms. The maximum absolute atomic E-state index is 2.29. The summed E-state index contributed by atoms with van der Waals surface area (Å²) in [6, 6.07) is 0.744. The van der Waals surface area contributed by atoms with Gasteiger partial charge in [-0.1, -0.05) is 5.57 Å². The monoisotopic (exact) mass is 125 g/mol. The molecule has 1 heteroatoms. The average molecular weight is 125 g/mol. The number of hydrogen-bond donors (Lipinski definition) is 0. The molecule has 1 aliphatic rings. The Bertz CT molecular complexity index is 127. The van der Waals surface area contributed by atoms with Crippen LogP contribution in [0, 0.1) is 0 Å². The summed E-state index contributed by atoms with van der Waals surface area (Å²) in [7, 11) is 2.15. The van der Waals surface area contributed by atoms with Crippen LogP contribution in [0.4, 0.5) is 0 Å². The zero-order valence-electron chi connectivity index (χ0n) is 6.52. The molecule has 1 nitrogen and oxygen atoms in total. The molecule has 0 aliphatic carbocycles. The zero-order valence-corrected chi connectivity index (χ0v) is 6.52. The molecule has 0 amide bonds. The van der Waals surface area contributed by atoms with Gasteiger partial charge in [-0.25, -0.2) is 0 Å². The van der Waals surface area contributed by atoms with E-state index in [2.05, 4.69) is 32.0 Å². The van der Waals surface area contributed by atoms with Crippen molar-refractivity contribution < 1.29 is 0 Å². The van der Waals surface area contributed by atoms with E-state index in [9.17, 15) is 0 Å². The van der Waals surface area contributed by atoms with Crippen LogP contribution in [0.15, 0.2) is 11.8 Å². The van der Waals surface area contributed by atoms with Gasteiger partial charge in [-0.15, -0.1) is 0 Å². The highest BCUT2D eigenvalue weighted by atomic mass is 15.1. The fourth-order valence-corrected chi connectivity index (χ4v) is 1.18. The van der Waals surface area contributed by atoms with Crippen molar-refractivity contribution in [2.75, 3.05) is 7.05 Å². The Labute approximate surface area is 57.4 Å². The minimum absolute atomic E-state index is 0.744. The Morgan fingerprint density at radius 3 is 2.78 bits per heavy atom. The number of rotatable bonds is 0. The molecule has 9 heavy (non-hydrogen) atoms.